The Bertz CT molecular complexity index is 1380. The van der Waals surface area contributed by atoms with Crippen LogP contribution in [-0.4, -0.2) is 32.0 Å². The standard InChI is InChI=1S/C26H27N7O/c1-26(2)16-22(34)29-20-15-18(10-11-19(20)26)28-25-30-24-23(27-12-14-33(24)31-25)32-13-6-9-21(32)17-7-4-3-5-8-17/h3-5,7-8,10-12,14-15,21H,6,9,13,16H2,1-2H3,(H,28,31)(H,29,34). The molecule has 1 saturated heterocycles. The van der Waals surface area contributed by atoms with Gasteiger partial charge in [-0.1, -0.05) is 50.2 Å². The maximum atomic E-state index is 12.1. The third-order valence-corrected chi connectivity index (χ3v) is 6.83. The molecular formula is C26H27N7O. The Hall–Kier alpha value is -3.94. The maximum absolute atomic E-state index is 12.1. The van der Waals surface area contributed by atoms with Crippen molar-refractivity contribution in [3.63, 3.8) is 0 Å². The Kier molecular flexibility index (Phi) is 4.76. The van der Waals surface area contributed by atoms with Crippen molar-refractivity contribution in [2.24, 2.45) is 0 Å². The van der Waals surface area contributed by atoms with E-state index in [9.17, 15) is 4.79 Å². The van der Waals surface area contributed by atoms with E-state index in [1.54, 1.807) is 10.7 Å². The molecule has 2 aromatic carbocycles. The number of hydrogen-bond donors (Lipinski definition) is 2. The van der Waals surface area contributed by atoms with Crippen LogP contribution in [-0.2, 0) is 10.2 Å². The molecule has 6 rings (SSSR count). The van der Waals surface area contributed by atoms with Gasteiger partial charge in [-0.3, -0.25) is 4.79 Å². The second kappa shape index (κ2) is 7.83. The third-order valence-electron chi connectivity index (χ3n) is 6.83. The van der Waals surface area contributed by atoms with Gasteiger partial charge in [0.1, 0.15) is 0 Å². The van der Waals surface area contributed by atoms with E-state index in [1.807, 2.05) is 24.4 Å². The predicted molar refractivity (Wildman–Crippen MR) is 133 cm³/mol. The van der Waals surface area contributed by atoms with Crippen molar-refractivity contribution in [2.75, 3.05) is 22.1 Å². The topological polar surface area (TPSA) is 87.5 Å². The van der Waals surface area contributed by atoms with Gasteiger partial charge in [-0.15, -0.1) is 5.10 Å². The summed E-state index contributed by atoms with van der Waals surface area (Å²) in [5, 5.41) is 10.9. The molecule has 1 unspecified atom stereocenters. The van der Waals surface area contributed by atoms with Gasteiger partial charge in [-0.05, 0) is 36.1 Å². The van der Waals surface area contributed by atoms with Crippen LogP contribution in [0.15, 0.2) is 60.9 Å². The lowest BCUT2D eigenvalue weighted by Gasteiger charge is -2.32. The average molecular weight is 454 g/mol. The van der Waals surface area contributed by atoms with Crippen molar-refractivity contribution in [1.82, 2.24) is 19.6 Å². The van der Waals surface area contributed by atoms with E-state index < -0.39 is 0 Å². The molecule has 1 amide bonds. The normalized spacial score (nSPS) is 19.2. The third kappa shape index (κ3) is 3.55. The van der Waals surface area contributed by atoms with Crippen LogP contribution in [0, 0.1) is 0 Å². The second-order valence-electron chi connectivity index (χ2n) is 9.71. The first-order valence-electron chi connectivity index (χ1n) is 11.7. The fraction of sp³-hybridized carbons (Fsp3) is 0.308. The number of anilines is 4. The summed E-state index contributed by atoms with van der Waals surface area (Å²) in [4.78, 5) is 24.0. The Morgan fingerprint density at radius 3 is 2.85 bits per heavy atom. The Morgan fingerprint density at radius 1 is 1.15 bits per heavy atom. The van der Waals surface area contributed by atoms with Crippen LogP contribution in [0.25, 0.3) is 5.65 Å². The van der Waals surface area contributed by atoms with Gasteiger partial charge in [0.25, 0.3) is 0 Å². The molecule has 1 fully saturated rings. The van der Waals surface area contributed by atoms with E-state index in [2.05, 4.69) is 64.8 Å². The molecule has 8 nitrogen and oxygen atoms in total. The molecule has 8 heteroatoms. The minimum Gasteiger partial charge on any atom is -0.346 e. The number of nitrogens with zero attached hydrogens (tertiary/aromatic N) is 5. The van der Waals surface area contributed by atoms with Crippen molar-refractivity contribution < 1.29 is 4.79 Å². The van der Waals surface area contributed by atoms with E-state index in [0.717, 1.165) is 47.8 Å². The lowest BCUT2D eigenvalue weighted by Crippen LogP contribution is -2.32. The molecule has 0 bridgehead atoms. The van der Waals surface area contributed by atoms with Crippen molar-refractivity contribution in [3.05, 3.63) is 72.1 Å². The van der Waals surface area contributed by atoms with Gasteiger partial charge < -0.3 is 15.5 Å². The van der Waals surface area contributed by atoms with Crippen molar-refractivity contribution >= 4 is 34.7 Å². The number of rotatable bonds is 4. The van der Waals surface area contributed by atoms with Gasteiger partial charge in [0.15, 0.2) is 11.5 Å². The molecule has 0 aliphatic carbocycles. The maximum Gasteiger partial charge on any atom is 0.247 e. The molecule has 1 atom stereocenters. The minimum absolute atomic E-state index is 0.0369. The second-order valence-corrected chi connectivity index (χ2v) is 9.71. The largest absolute Gasteiger partial charge is 0.346 e. The highest BCUT2D eigenvalue weighted by molar-refractivity contribution is 5.96. The van der Waals surface area contributed by atoms with Gasteiger partial charge in [-0.25, -0.2) is 9.50 Å². The monoisotopic (exact) mass is 453 g/mol. The van der Waals surface area contributed by atoms with Gasteiger partial charge in [-0.2, -0.15) is 4.98 Å². The lowest BCUT2D eigenvalue weighted by atomic mass is 9.78. The van der Waals surface area contributed by atoms with E-state index >= 15 is 0 Å². The predicted octanol–water partition coefficient (Wildman–Crippen LogP) is 4.83. The van der Waals surface area contributed by atoms with Crippen LogP contribution in [0.4, 0.5) is 23.1 Å². The van der Waals surface area contributed by atoms with Crippen molar-refractivity contribution in [3.8, 4) is 0 Å². The first-order chi connectivity index (χ1) is 16.5. The van der Waals surface area contributed by atoms with Gasteiger partial charge >= 0.3 is 0 Å². The lowest BCUT2D eigenvalue weighted by molar-refractivity contribution is -0.117. The minimum atomic E-state index is -0.191. The Labute approximate surface area is 198 Å². The summed E-state index contributed by atoms with van der Waals surface area (Å²) < 4.78 is 1.77. The fourth-order valence-electron chi connectivity index (χ4n) is 5.24. The van der Waals surface area contributed by atoms with E-state index in [4.69, 9.17) is 9.97 Å². The number of carbonyl (C=O) groups is 1. The number of benzene rings is 2. The quantitative estimate of drug-likeness (QED) is 0.460. The zero-order chi connectivity index (χ0) is 23.3. The van der Waals surface area contributed by atoms with Crippen LogP contribution in [0.3, 0.4) is 0 Å². The summed E-state index contributed by atoms with van der Waals surface area (Å²) in [6, 6.07) is 16.9. The summed E-state index contributed by atoms with van der Waals surface area (Å²) in [5.41, 5.74) is 4.61. The van der Waals surface area contributed by atoms with Crippen LogP contribution < -0.4 is 15.5 Å². The molecule has 0 spiro atoms. The fourth-order valence-corrected chi connectivity index (χ4v) is 5.24. The van der Waals surface area contributed by atoms with Crippen LogP contribution in [0.1, 0.15) is 50.3 Å². The molecule has 2 aliphatic heterocycles. The van der Waals surface area contributed by atoms with Gasteiger partial charge in [0.2, 0.25) is 11.9 Å². The highest BCUT2D eigenvalue weighted by atomic mass is 16.1. The summed E-state index contributed by atoms with van der Waals surface area (Å²) in [7, 11) is 0. The summed E-state index contributed by atoms with van der Waals surface area (Å²) in [6.07, 6.45) is 6.27. The zero-order valence-corrected chi connectivity index (χ0v) is 19.3. The number of nitrogens with one attached hydrogen (secondary N) is 2. The molecule has 2 aromatic heterocycles. The average Bonchev–Trinajstić information content (AvgIpc) is 3.45. The molecule has 2 aliphatic rings. The number of fused-ring (bicyclic) bond motifs is 2. The number of amides is 1. The van der Waals surface area contributed by atoms with Crippen LogP contribution in [0.5, 0.6) is 0 Å². The van der Waals surface area contributed by atoms with Crippen LogP contribution >= 0.6 is 0 Å². The Balaban J connectivity index is 1.32. The summed E-state index contributed by atoms with van der Waals surface area (Å²) >= 11 is 0. The molecule has 172 valence electrons. The molecular weight excluding hydrogens is 426 g/mol. The SMILES string of the molecule is CC1(C)CC(=O)Nc2cc(Nc3nc4c(N5CCCC5c5ccccc5)nccn4n3)ccc21. The molecule has 0 saturated carbocycles. The first-order valence-corrected chi connectivity index (χ1v) is 11.7. The van der Waals surface area contributed by atoms with Crippen LogP contribution in [0.2, 0.25) is 0 Å². The summed E-state index contributed by atoms with van der Waals surface area (Å²) in [5.74, 6) is 1.37. The highest BCUT2D eigenvalue weighted by Crippen LogP contribution is 2.39. The van der Waals surface area contributed by atoms with E-state index in [1.165, 1.54) is 5.56 Å². The number of aromatic nitrogens is 4. The molecule has 2 N–H and O–H groups in total. The summed E-state index contributed by atoms with van der Waals surface area (Å²) in [6.45, 7) is 5.12. The van der Waals surface area contributed by atoms with Crippen molar-refractivity contribution in [1.29, 1.82) is 0 Å². The van der Waals surface area contributed by atoms with E-state index in [0.29, 0.717) is 12.4 Å². The molecule has 34 heavy (non-hydrogen) atoms. The van der Waals surface area contributed by atoms with Gasteiger partial charge in [0.05, 0.1) is 6.04 Å². The molecule has 0 radical (unpaired) electrons. The highest BCUT2D eigenvalue weighted by Gasteiger charge is 2.32. The zero-order valence-electron chi connectivity index (χ0n) is 19.3. The number of hydrogen-bond acceptors (Lipinski definition) is 6. The van der Waals surface area contributed by atoms with E-state index in [-0.39, 0.29) is 17.4 Å². The first kappa shape index (κ1) is 20.7. The van der Waals surface area contributed by atoms with Crippen molar-refractivity contribution in [2.45, 2.75) is 44.6 Å². The Morgan fingerprint density at radius 2 is 2.00 bits per heavy atom. The number of carbonyl (C=O) groups excluding carboxylic acids is 1. The van der Waals surface area contributed by atoms with Gasteiger partial charge in [0, 0.05) is 42.1 Å². The molecule has 4 aromatic rings. The molecule has 4 heterocycles. The smallest absolute Gasteiger partial charge is 0.247 e.